The molecule has 4 heteroatoms. The maximum absolute atomic E-state index is 5.50. The van der Waals surface area contributed by atoms with E-state index in [1.54, 1.807) is 0 Å². The van der Waals surface area contributed by atoms with Crippen LogP contribution in [0.15, 0.2) is 29.2 Å². The highest BCUT2D eigenvalue weighted by Crippen LogP contribution is 2.21. The molecule has 0 aliphatic carbocycles. The van der Waals surface area contributed by atoms with Gasteiger partial charge in [0.15, 0.2) is 0 Å². The molecule has 0 fully saturated rings. The summed E-state index contributed by atoms with van der Waals surface area (Å²) in [6.07, 6.45) is 0. The smallest absolute Gasteiger partial charge is 0.141 e. The molecule has 0 unspecified atom stereocenters. The lowest BCUT2D eigenvalue weighted by molar-refractivity contribution is 0.327. The Bertz CT molecular complexity index is 253. The van der Waals surface area contributed by atoms with Crippen molar-refractivity contribution in [3.63, 3.8) is 0 Å². The summed E-state index contributed by atoms with van der Waals surface area (Å²) in [7, 11) is 0. The third kappa shape index (κ3) is 3.13. The number of para-hydroxylation sites is 1. The molecule has 0 spiro atoms. The van der Waals surface area contributed by atoms with E-state index in [0.29, 0.717) is 5.75 Å². The molecular formula is C8H8Cl2OS. The molecule has 12 heavy (non-hydrogen) atoms. The number of alkyl halides is 2. The van der Waals surface area contributed by atoms with Crippen molar-refractivity contribution in [2.75, 3.05) is 6.61 Å². The molecular weight excluding hydrogens is 215 g/mol. The molecule has 0 bridgehead atoms. The van der Waals surface area contributed by atoms with Crippen LogP contribution in [0.3, 0.4) is 0 Å². The van der Waals surface area contributed by atoms with Crippen molar-refractivity contribution in [1.29, 1.82) is 0 Å². The van der Waals surface area contributed by atoms with Gasteiger partial charge >= 0.3 is 0 Å². The van der Waals surface area contributed by atoms with E-state index in [1.165, 1.54) is 0 Å². The molecule has 1 aromatic rings. The van der Waals surface area contributed by atoms with E-state index in [1.807, 2.05) is 24.3 Å². The van der Waals surface area contributed by atoms with E-state index in [9.17, 15) is 0 Å². The minimum Gasteiger partial charge on any atom is -0.490 e. The van der Waals surface area contributed by atoms with Crippen molar-refractivity contribution < 1.29 is 4.74 Å². The summed E-state index contributed by atoms with van der Waals surface area (Å²) in [4.78, 5) is 0.282. The van der Waals surface area contributed by atoms with Gasteiger partial charge in [0.1, 0.15) is 17.2 Å². The Hall–Kier alpha value is -0.0500. The lowest BCUT2D eigenvalue weighted by atomic mass is 10.3. The minimum atomic E-state index is -0.502. The molecule has 0 heterocycles. The van der Waals surface area contributed by atoms with Gasteiger partial charge in [-0.1, -0.05) is 12.1 Å². The molecule has 0 N–H and O–H groups in total. The highest BCUT2D eigenvalue weighted by Gasteiger charge is 2.01. The van der Waals surface area contributed by atoms with Gasteiger partial charge in [-0.15, -0.1) is 35.8 Å². The lowest BCUT2D eigenvalue weighted by Gasteiger charge is -2.07. The van der Waals surface area contributed by atoms with Crippen molar-refractivity contribution in [3.8, 4) is 5.75 Å². The SMILES string of the molecule is Sc1ccccc1OCC(Cl)Cl. The quantitative estimate of drug-likeness (QED) is 0.611. The summed E-state index contributed by atoms with van der Waals surface area (Å²) in [5, 5.41) is 0. The van der Waals surface area contributed by atoms with Crippen LogP contribution in [0.25, 0.3) is 0 Å². The van der Waals surface area contributed by atoms with Gasteiger partial charge in [-0.25, -0.2) is 0 Å². The number of hydrogen-bond acceptors (Lipinski definition) is 2. The van der Waals surface area contributed by atoms with Gasteiger partial charge in [-0.05, 0) is 12.1 Å². The first-order chi connectivity index (χ1) is 5.70. The fourth-order valence-electron chi connectivity index (χ4n) is 0.732. The number of halogens is 2. The molecule has 0 aromatic heterocycles. The van der Waals surface area contributed by atoms with Crippen LogP contribution < -0.4 is 4.74 Å². The predicted octanol–water partition coefficient (Wildman–Crippen LogP) is 3.16. The number of thiol groups is 1. The van der Waals surface area contributed by atoms with Crippen molar-refractivity contribution in [2.24, 2.45) is 0 Å². The van der Waals surface area contributed by atoms with Gasteiger partial charge in [0.25, 0.3) is 0 Å². The van der Waals surface area contributed by atoms with Crippen molar-refractivity contribution >= 4 is 35.8 Å². The highest BCUT2D eigenvalue weighted by atomic mass is 35.5. The zero-order valence-corrected chi connectivity index (χ0v) is 8.61. The number of hydrogen-bond donors (Lipinski definition) is 1. The second kappa shape index (κ2) is 4.85. The highest BCUT2D eigenvalue weighted by molar-refractivity contribution is 7.80. The molecule has 0 aliphatic heterocycles. The van der Waals surface area contributed by atoms with Crippen LogP contribution in [-0.4, -0.2) is 11.4 Å². The summed E-state index contributed by atoms with van der Waals surface area (Å²) in [6.45, 7) is 0.278. The monoisotopic (exact) mass is 222 g/mol. The van der Waals surface area contributed by atoms with Crippen LogP contribution in [0.1, 0.15) is 0 Å². The number of rotatable bonds is 3. The van der Waals surface area contributed by atoms with Crippen LogP contribution in [0.4, 0.5) is 0 Å². The van der Waals surface area contributed by atoms with Crippen LogP contribution in [-0.2, 0) is 0 Å². The normalized spacial score (nSPS) is 10.3. The van der Waals surface area contributed by atoms with Crippen LogP contribution in [0.2, 0.25) is 0 Å². The molecule has 0 amide bonds. The van der Waals surface area contributed by atoms with E-state index in [-0.39, 0.29) is 6.61 Å². The Morgan fingerprint density at radius 1 is 1.33 bits per heavy atom. The summed E-state index contributed by atoms with van der Waals surface area (Å²) in [5.74, 6) is 0.701. The van der Waals surface area contributed by atoms with E-state index < -0.39 is 4.84 Å². The van der Waals surface area contributed by atoms with Gasteiger partial charge in [0.2, 0.25) is 0 Å². The van der Waals surface area contributed by atoms with Crippen molar-refractivity contribution in [2.45, 2.75) is 9.73 Å². The Balaban J connectivity index is 2.57. The van der Waals surface area contributed by atoms with E-state index in [0.717, 1.165) is 4.90 Å². The second-order valence-corrected chi connectivity index (χ2v) is 3.93. The molecule has 0 aliphatic rings. The first-order valence-corrected chi connectivity index (χ1v) is 4.71. The number of benzene rings is 1. The Morgan fingerprint density at radius 2 is 2.00 bits per heavy atom. The molecule has 1 nitrogen and oxygen atoms in total. The summed E-state index contributed by atoms with van der Waals surface area (Å²) >= 11 is 15.2. The largest absolute Gasteiger partial charge is 0.490 e. The molecule has 0 saturated carbocycles. The number of ether oxygens (including phenoxy) is 1. The molecule has 0 atom stereocenters. The van der Waals surface area contributed by atoms with E-state index >= 15 is 0 Å². The second-order valence-electron chi connectivity index (χ2n) is 2.17. The van der Waals surface area contributed by atoms with E-state index in [4.69, 9.17) is 27.9 Å². The van der Waals surface area contributed by atoms with Crippen LogP contribution in [0.5, 0.6) is 5.75 Å². The van der Waals surface area contributed by atoms with Crippen LogP contribution >= 0.6 is 35.8 Å². The maximum atomic E-state index is 5.50. The molecule has 1 aromatic carbocycles. The maximum Gasteiger partial charge on any atom is 0.141 e. The molecule has 0 radical (unpaired) electrons. The summed E-state index contributed by atoms with van der Waals surface area (Å²) in [6, 6.07) is 7.41. The Labute approximate surface area is 87.0 Å². The minimum absolute atomic E-state index is 0.278. The fourth-order valence-corrected chi connectivity index (χ4v) is 1.08. The Morgan fingerprint density at radius 3 is 2.58 bits per heavy atom. The van der Waals surface area contributed by atoms with Crippen molar-refractivity contribution in [1.82, 2.24) is 0 Å². The fraction of sp³-hybridized carbons (Fsp3) is 0.250. The third-order valence-corrected chi connectivity index (χ3v) is 1.85. The summed E-state index contributed by atoms with van der Waals surface area (Å²) in [5.41, 5.74) is 0. The van der Waals surface area contributed by atoms with Crippen molar-refractivity contribution in [3.05, 3.63) is 24.3 Å². The molecule has 66 valence electrons. The zero-order valence-electron chi connectivity index (χ0n) is 6.21. The van der Waals surface area contributed by atoms with Crippen LogP contribution in [0, 0.1) is 0 Å². The van der Waals surface area contributed by atoms with Gasteiger partial charge in [0, 0.05) is 4.90 Å². The first-order valence-electron chi connectivity index (χ1n) is 3.39. The molecule has 1 rings (SSSR count). The zero-order chi connectivity index (χ0) is 8.97. The van der Waals surface area contributed by atoms with Gasteiger partial charge < -0.3 is 4.74 Å². The average Bonchev–Trinajstić information content (AvgIpc) is 2.03. The van der Waals surface area contributed by atoms with Gasteiger partial charge in [-0.2, -0.15) is 0 Å². The van der Waals surface area contributed by atoms with Gasteiger partial charge in [-0.3, -0.25) is 0 Å². The first kappa shape index (κ1) is 10.0. The van der Waals surface area contributed by atoms with E-state index in [2.05, 4.69) is 12.6 Å². The predicted molar refractivity (Wildman–Crippen MR) is 54.7 cm³/mol. The average molecular weight is 223 g/mol. The van der Waals surface area contributed by atoms with Gasteiger partial charge in [0.05, 0.1) is 0 Å². The topological polar surface area (TPSA) is 9.23 Å². The lowest BCUT2D eigenvalue weighted by Crippen LogP contribution is -2.05. The molecule has 0 saturated heterocycles. The third-order valence-electron chi connectivity index (χ3n) is 1.23. The standard InChI is InChI=1S/C8H8Cl2OS/c9-8(10)5-11-6-3-1-2-4-7(6)12/h1-4,8,12H,5H2. The summed E-state index contributed by atoms with van der Waals surface area (Å²) < 4.78 is 5.26. The Kier molecular flexibility index (Phi) is 4.06.